The molecule has 0 saturated carbocycles. The summed E-state index contributed by atoms with van der Waals surface area (Å²) in [5, 5.41) is 0. The molecular weight excluding hydrogens is 757 g/mol. The van der Waals surface area contributed by atoms with Crippen molar-refractivity contribution < 1.29 is 28.6 Å². The van der Waals surface area contributed by atoms with E-state index in [2.05, 4.69) is 57.2 Å². The zero-order valence-corrected chi connectivity index (χ0v) is 40.7. The van der Waals surface area contributed by atoms with Crippen molar-refractivity contribution >= 4 is 17.9 Å². The number of hydrogen-bond acceptors (Lipinski definition) is 6. The number of carbonyl (C=O) groups is 3. The Morgan fingerprint density at radius 2 is 0.623 bits per heavy atom. The predicted molar refractivity (Wildman–Crippen MR) is 261 cm³/mol. The van der Waals surface area contributed by atoms with Gasteiger partial charge in [-0.25, -0.2) is 0 Å². The zero-order chi connectivity index (χ0) is 44.4. The molecule has 0 radical (unpaired) electrons. The molecule has 0 bridgehead atoms. The first-order chi connectivity index (χ1) is 30.0. The second-order valence-corrected chi connectivity index (χ2v) is 17.8. The fraction of sp³-hybridized carbons (Fsp3) is 0.836. The van der Waals surface area contributed by atoms with E-state index >= 15 is 0 Å². The van der Waals surface area contributed by atoms with E-state index in [4.69, 9.17) is 14.2 Å². The molecule has 0 aliphatic heterocycles. The fourth-order valence-corrected chi connectivity index (χ4v) is 7.59. The molecule has 0 fully saturated rings. The largest absolute Gasteiger partial charge is 0.462 e. The molecule has 356 valence electrons. The first-order valence-electron chi connectivity index (χ1n) is 26.5. The lowest BCUT2D eigenvalue weighted by Crippen LogP contribution is -2.30. The molecule has 1 unspecified atom stereocenters. The summed E-state index contributed by atoms with van der Waals surface area (Å²) in [5.41, 5.74) is 0. The van der Waals surface area contributed by atoms with E-state index < -0.39 is 6.10 Å². The SMILES string of the molecule is CCC/C=C\C/C=C\CCCCCCCC(=O)OC(COC(=O)CCCCCCCCCCC/C=C\CCCCCCCC)COC(=O)CCCCCCCCCCCCC. The minimum absolute atomic E-state index is 0.0756. The molecular formula is C55H100O6. The van der Waals surface area contributed by atoms with Gasteiger partial charge >= 0.3 is 17.9 Å². The summed E-state index contributed by atoms with van der Waals surface area (Å²) in [5.74, 6) is -0.883. The van der Waals surface area contributed by atoms with E-state index in [9.17, 15) is 14.4 Å². The molecule has 6 nitrogen and oxygen atoms in total. The second kappa shape index (κ2) is 50.3. The van der Waals surface area contributed by atoms with Crippen molar-refractivity contribution in [3.8, 4) is 0 Å². The number of rotatable bonds is 48. The van der Waals surface area contributed by atoms with Crippen molar-refractivity contribution in [2.45, 2.75) is 284 Å². The van der Waals surface area contributed by atoms with Crippen molar-refractivity contribution in [3.63, 3.8) is 0 Å². The minimum atomic E-state index is -0.776. The van der Waals surface area contributed by atoms with Gasteiger partial charge in [-0.1, -0.05) is 224 Å². The summed E-state index contributed by atoms with van der Waals surface area (Å²) in [4.78, 5) is 37.9. The van der Waals surface area contributed by atoms with Gasteiger partial charge in [0.1, 0.15) is 13.2 Å². The van der Waals surface area contributed by atoms with E-state index in [0.29, 0.717) is 19.3 Å². The summed E-state index contributed by atoms with van der Waals surface area (Å²) in [7, 11) is 0. The molecule has 6 heteroatoms. The van der Waals surface area contributed by atoms with E-state index in [1.807, 2.05) is 0 Å². The minimum Gasteiger partial charge on any atom is -0.462 e. The van der Waals surface area contributed by atoms with Gasteiger partial charge in [-0.2, -0.15) is 0 Å². The highest BCUT2D eigenvalue weighted by Crippen LogP contribution is 2.15. The number of hydrogen-bond donors (Lipinski definition) is 0. The normalized spacial score (nSPS) is 12.2. The van der Waals surface area contributed by atoms with E-state index in [1.165, 1.54) is 148 Å². The lowest BCUT2D eigenvalue weighted by Gasteiger charge is -2.18. The highest BCUT2D eigenvalue weighted by molar-refractivity contribution is 5.71. The molecule has 61 heavy (non-hydrogen) atoms. The Balaban J connectivity index is 4.31. The highest BCUT2D eigenvalue weighted by atomic mass is 16.6. The number of carbonyl (C=O) groups excluding carboxylic acids is 3. The third kappa shape index (κ3) is 48.5. The predicted octanol–water partition coefficient (Wildman–Crippen LogP) is 17.3. The van der Waals surface area contributed by atoms with Crippen molar-refractivity contribution in [1.82, 2.24) is 0 Å². The summed E-state index contributed by atoms with van der Waals surface area (Å²) in [6, 6.07) is 0. The molecule has 0 aliphatic carbocycles. The first kappa shape index (κ1) is 58.6. The van der Waals surface area contributed by atoms with Crippen molar-refractivity contribution in [1.29, 1.82) is 0 Å². The van der Waals surface area contributed by atoms with Crippen LogP contribution in [0.4, 0.5) is 0 Å². The van der Waals surface area contributed by atoms with Crippen LogP contribution in [0.15, 0.2) is 36.5 Å². The molecule has 0 spiro atoms. The smallest absolute Gasteiger partial charge is 0.306 e. The first-order valence-corrected chi connectivity index (χ1v) is 26.5. The van der Waals surface area contributed by atoms with E-state index in [0.717, 1.165) is 89.9 Å². The van der Waals surface area contributed by atoms with E-state index in [1.54, 1.807) is 0 Å². The quantitative estimate of drug-likeness (QED) is 0.0262. The standard InChI is InChI=1S/C55H100O6/c1-4-7-10-13-16-19-22-24-25-26-27-28-29-31-33-36-39-42-45-48-54(57)60-51-52(50-59-53(56)47-44-41-38-35-32-21-18-15-12-9-6-3)61-55(58)49-46-43-40-37-34-30-23-20-17-14-11-8-5-2/h11,14,20,23-25,52H,4-10,12-13,15-19,21-22,26-51H2,1-3H3/b14-11-,23-20-,25-24-. The molecule has 0 amide bonds. The van der Waals surface area contributed by atoms with Crippen LogP contribution in [-0.4, -0.2) is 37.2 Å². The summed E-state index contributed by atoms with van der Waals surface area (Å²) < 4.78 is 16.8. The summed E-state index contributed by atoms with van der Waals surface area (Å²) >= 11 is 0. The molecule has 0 aromatic heterocycles. The van der Waals surface area contributed by atoms with Crippen LogP contribution in [0.3, 0.4) is 0 Å². The molecule has 0 aromatic rings. The number of esters is 3. The maximum Gasteiger partial charge on any atom is 0.306 e. The fourth-order valence-electron chi connectivity index (χ4n) is 7.59. The van der Waals surface area contributed by atoms with Crippen LogP contribution in [0.1, 0.15) is 278 Å². The van der Waals surface area contributed by atoms with Crippen molar-refractivity contribution in [3.05, 3.63) is 36.5 Å². The van der Waals surface area contributed by atoms with Gasteiger partial charge in [0.25, 0.3) is 0 Å². The molecule has 1 atom stereocenters. The van der Waals surface area contributed by atoms with Crippen LogP contribution >= 0.6 is 0 Å². The Bertz CT molecular complexity index is 1030. The van der Waals surface area contributed by atoms with Crippen LogP contribution in [0, 0.1) is 0 Å². The Morgan fingerprint density at radius 3 is 0.984 bits per heavy atom. The van der Waals surface area contributed by atoms with Gasteiger partial charge in [0.15, 0.2) is 6.10 Å². The summed E-state index contributed by atoms with van der Waals surface area (Å²) in [6.45, 7) is 6.57. The molecule has 0 aliphatic rings. The Kier molecular flexibility index (Phi) is 48.3. The van der Waals surface area contributed by atoms with Gasteiger partial charge in [0, 0.05) is 19.3 Å². The van der Waals surface area contributed by atoms with Crippen molar-refractivity contribution in [2.24, 2.45) is 0 Å². The van der Waals surface area contributed by atoms with Gasteiger partial charge < -0.3 is 14.2 Å². The second-order valence-electron chi connectivity index (χ2n) is 17.8. The average Bonchev–Trinajstić information content (AvgIpc) is 3.26. The molecule has 0 aromatic carbocycles. The van der Waals surface area contributed by atoms with Crippen LogP contribution in [0.25, 0.3) is 0 Å². The van der Waals surface area contributed by atoms with Crippen LogP contribution in [0.2, 0.25) is 0 Å². The van der Waals surface area contributed by atoms with Crippen LogP contribution in [0.5, 0.6) is 0 Å². The van der Waals surface area contributed by atoms with Gasteiger partial charge in [-0.15, -0.1) is 0 Å². The van der Waals surface area contributed by atoms with Gasteiger partial charge in [0.05, 0.1) is 0 Å². The number of unbranched alkanes of at least 4 members (excludes halogenated alkanes) is 31. The van der Waals surface area contributed by atoms with Gasteiger partial charge in [0.2, 0.25) is 0 Å². The Morgan fingerprint density at radius 1 is 0.328 bits per heavy atom. The lowest BCUT2D eigenvalue weighted by atomic mass is 10.1. The van der Waals surface area contributed by atoms with Crippen LogP contribution < -0.4 is 0 Å². The Labute approximate surface area is 378 Å². The van der Waals surface area contributed by atoms with Gasteiger partial charge in [-0.05, 0) is 70.6 Å². The van der Waals surface area contributed by atoms with Gasteiger partial charge in [-0.3, -0.25) is 14.4 Å². The number of ether oxygens (including phenoxy) is 3. The molecule has 0 N–H and O–H groups in total. The van der Waals surface area contributed by atoms with Crippen LogP contribution in [-0.2, 0) is 28.6 Å². The summed E-state index contributed by atoms with van der Waals surface area (Å²) in [6.07, 6.45) is 58.4. The van der Waals surface area contributed by atoms with E-state index in [-0.39, 0.29) is 31.1 Å². The lowest BCUT2D eigenvalue weighted by molar-refractivity contribution is -0.167. The molecule has 0 heterocycles. The third-order valence-electron chi connectivity index (χ3n) is 11.6. The van der Waals surface area contributed by atoms with Crippen molar-refractivity contribution in [2.75, 3.05) is 13.2 Å². The zero-order valence-electron chi connectivity index (χ0n) is 40.7. The average molecular weight is 857 g/mol. The topological polar surface area (TPSA) is 78.9 Å². The highest BCUT2D eigenvalue weighted by Gasteiger charge is 2.19. The number of allylic oxidation sites excluding steroid dienone is 6. The monoisotopic (exact) mass is 857 g/mol. The third-order valence-corrected chi connectivity index (χ3v) is 11.6. The maximum absolute atomic E-state index is 12.8. The Hall–Kier alpha value is -2.37. The maximum atomic E-state index is 12.8. The molecule has 0 saturated heterocycles. The molecule has 0 rings (SSSR count).